The van der Waals surface area contributed by atoms with Crippen molar-refractivity contribution < 1.29 is 0 Å². The number of benzene rings is 2. The number of thiazole rings is 1. The zero-order valence-electron chi connectivity index (χ0n) is 18.4. The monoisotopic (exact) mass is 490 g/mol. The molecule has 0 unspecified atom stereocenters. The topological polar surface area (TPSA) is 34.4 Å². The Balaban J connectivity index is 1.57. The van der Waals surface area contributed by atoms with Crippen molar-refractivity contribution in [3.8, 4) is 0 Å². The molecule has 3 aliphatic rings. The SMILES string of the molecule is O=c1/c(=C\c2ccccc2)sc2n1[C@H](c1ccccc1)[C@@H]1CCCC(=C3SCCCS3)[C@@H]1N=2. The summed E-state index contributed by atoms with van der Waals surface area (Å²) in [4.78, 5) is 19.9. The van der Waals surface area contributed by atoms with Gasteiger partial charge < -0.3 is 0 Å². The van der Waals surface area contributed by atoms with Crippen LogP contribution in [-0.2, 0) is 0 Å². The minimum Gasteiger partial charge on any atom is -0.276 e. The standard InChI is InChI=1S/C27H26N2OS3/c30-25-22(17-18-9-3-1-4-10-18)33-27-28-23-20(24(29(25)27)19-11-5-2-6-12-19)13-7-14-21(23)26-31-15-8-16-32-26/h1-6,9-12,17,20,23-24H,7-8,13-16H2/b22-17+/t20-,23-,24-/m1/s1. The molecule has 3 atom stereocenters. The summed E-state index contributed by atoms with van der Waals surface area (Å²) < 4.78 is 4.29. The second kappa shape index (κ2) is 9.32. The molecular weight excluding hydrogens is 465 g/mol. The highest BCUT2D eigenvalue weighted by atomic mass is 32.2. The first-order valence-corrected chi connectivity index (χ1v) is 14.5. The normalized spacial score (nSPS) is 25.3. The fourth-order valence-electron chi connectivity index (χ4n) is 5.31. The van der Waals surface area contributed by atoms with Crippen molar-refractivity contribution in [3.63, 3.8) is 0 Å². The summed E-state index contributed by atoms with van der Waals surface area (Å²) in [5, 5.41) is 0. The summed E-state index contributed by atoms with van der Waals surface area (Å²) in [7, 11) is 0. The maximum atomic E-state index is 13.7. The van der Waals surface area contributed by atoms with E-state index in [9.17, 15) is 4.79 Å². The van der Waals surface area contributed by atoms with Crippen molar-refractivity contribution in [1.82, 2.24) is 4.57 Å². The highest BCUT2D eigenvalue weighted by molar-refractivity contribution is 8.22. The summed E-state index contributed by atoms with van der Waals surface area (Å²) in [5.41, 5.74) is 3.91. The van der Waals surface area contributed by atoms with E-state index in [0.29, 0.717) is 5.92 Å². The third kappa shape index (κ3) is 4.07. The van der Waals surface area contributed by atoms with E-state index in [0.717, 1.165) is 27.7 Å². The largest absolute Gasteiger partial charge is 0.276 e. The molecule has 0 N–H and O–H groups in total. The average molecular weight is 491 g/mol. The number of thioether (sulfide) groups is 2. The molecule has 33 heavy (non-hydrogen) atoms. The first-order chi connectivity index (χ1) is 16.3. The van der Waals surface area contributed by atoms with Gasteiger partial charge in [0.25, 0.3) is 5.56 Å². The van der Waals surface area contributed by atoms with Gasteiger partial charge >= 0.3 is 0 Å². The Morgan fingerprint density at radius 1 is 0.939 bits per heavy atom. The zero-order valence-corrected chi connectivity index (χ0v) is 20.8. The molecule has 0 bridgehead atoms. The van der Waals surface area contributed by atoms with Crippen molar-refractivity contribution >= 4 is 40.9 Å². The number of hydrogen-bond acceptors (Lipinski definition) is 5. The molecule has 168 valence electrons. The number of nitrogens with zero attached hydrogens (tertiary/aromatic N) is 2. The minimum atomic E-state index is 0.0415. The molecule has 1 saturated heterocycles. The number of aromatic nitrogens is 1. The molecule has 1 aliphatic carbocycles. The molecule has 6 heteroatoms. The third-order valence-corrected chi connectivity index (χ3v) is 10.5. The van der Waals surface area contributed by atoms with Gasteiger partial charge in [-0.2, -0.15) is 0 Å². The van der Waals surface area contributed by atoms with E-state index in [1.807, 2.05) is 52.4 Å². The van der Waals surface area contributed by atoms with E-state index < -0.39 is 0 Å². The number of fused-ring (bicyclic) bond motifs is 2. The third-order valence-electron chi connectivity index (χ3n) is 6.77. The Kier molecular flexibility index (Phi) is 6.07. The molecule has 0 spiro atoms. The predicted octanol–water partition coefficient (Wildman–Crippen LogP) is 5.21. The van der Waals surface area contributed by atoms with Crippen LogP contribution in [0, 0.1) is 5.92 Å². The Hall–Kier alpha value is -2.02. The van der Waals surface area contributed by atoms with Crippen molar-refractivity contribution in [2.75, 3.05) is 11.5 Å². The zero-order chi connectivity index (χ0) is 22.2. The number of rotatable bonds is 2. The molecule has 6 rings (SSSR count). The van der Waals surface area contributed by atoms with Gasteiger partial charge in [-0.15, -0.1) is 23.5 Å². The van der Waals surface area contributed by atoms with E-state index in [4.69, 9.17) is 4.99 Å². The van der Waals surface area contributed by atoms with Crippen molar-refractivity contribution in [3.05, 3.63) is 101 Å². The molecule has 3 nitrogen and oxygen atoms in total. The smallest absolute Gasteiger partial charge is 0.270 e. The lowest BCUT2D eigenvalue weighted by molar-refractivity contribution is 0.254. The van der Waals surface area contributed by atoms with E-state index in [2.05, 4.69) is 42.5 Å². The summed E-state index contributed by atoms with van der Waals surface area (Å²) in [6.45, 7) is 0. The van der Waals surface area contributed by atoms with E-state index in [1.54, 1.807) is 11.3 Å². The highest BCUT2D eigenvalue weighted by Crippen LogP contribution is 2.47. The van der Waals surface area contributed by atoms with E-state index >= 15 is 0 Å². The van der Waals surface area contributed by atoms with Gasteiger partial charge in [0.15, 0.2) is 4.80 Å². The van der Waals surface area contributed by atoms with Gasteiger partial charge in [0, 0.05) is 10.2 Å². The van der Waals surface area contributed by atoms with Crippen LogP contribution in [0.2, 0.25) is 0 Å². The summed E-state index contributed by atoms with van der Waals surface area (Å²) in [6, 6.07) is 21.0. The van der Waals surface area contributed by atoms with Gasteiger partial charge in [0.1, 0.15) is 0 Å². The van der Waals surface area contributed by atoms with Crippen LogP contribution in [0.15, 0.2) is 80.3 Å². The second-order valence-corrected chi connectivity index (χ2v) is 12.3. The first kappa shape index (κ1) is 21.5. The molecule has 2 aliphatic heterocycles. The second-order valence-electron chi connectivity index (χ2n) is 8.83. The van der Waals surface area contributed by atoms with Gasteiger partial charge in [-0.25, -0.2) is 0 Å². The van der Waals surface area contributed by atoms with Crippen LogP contribution in [-0.4, -0.2) is 22.1 Å². The minimum absolute atomic E-state index is 0.0415. The van der Waals surface area contributed by atoms with Crippen LogP contribution in [0.4, 0.5) is 0 Å². The molecule has 1 aromatic heterocycles. The molecule has 0 radical (unpaired) electrons. The fraction of sp³-hybridized carbons (Fsp3) is 0.333. The molecule has 0 amide bonds. The van der Waals surface area contributed by atoms with Gasteiger partial charge in [-0.05, 0) is 60.0 Å². The van der Waals surface area contributed by atoms with Crippen LogP contribution >= 0.6 is 34.9 Å². The number of hydrogen-bond donors (Lipinski definition) is 0. The lowest BCUT2D eigenvalue weighted by atomic mass is 9.75. The lowest BCUT2D eigenvalue weighted by Gasteiger charge is -2.40. The lowest BCUT2D eigenvalue weighted by Crippen LogP contribution is -2.47. The maximum Gasteiger partial charge on any atom is 0.270 e. The first-order valence-electron chi connectivity index (χ1n) is 11.7. The quantitative estimate of drug-likeness (QED) is 0.494. The van der Waals surface area contributed by atoms with E-state index in [-0.39, 0.29) is 17.6 Å². The molecular formula is C27H26N2OS3. The van der Waals surface area contributed by atoms with Crippen LogP contribution in [0.3, 0.4) is 0 Å². The highest BCUT2D eigenvalue weighted by Gasteiger charge is 2.41. The molecule has 2 fully saturated rings. The maximum absolute atomic E-state index is 13.7. The van der Waals surface area contributed by atoms with Gasteiger partial charge in [0.05, 0.1) is 16.6 Å². The Bertz CT molecular complexity index is 1350. The van der Waals surface area contributed by atoms with Crippen molar-refractivity contribution in [2.45, 2.75) is 37.8 Å². The molecule has 1 saturated carbocycles. The predicted molar refractivity (Wildman–Crippen MR) is 142 cm³/mol. The Morgan fingerprint density at radius 2 is 1.67 bits per heavy atom. The van der Waals surface area contributed by atoms with Crippen molar-refractivity contribution in [2.24, 2.45) is 10.9 Å². The molecule has 2 aromatic carbocycles. The Labute approximate surface area is 206 Å². The van der Waals surface area contributed by atoms with Crippen LogP contribution in [0.5, 0.6) is 0 Å². The summed E-state index contributed by atoms with van der Waals surface area (Å²) in [6.07, 6.45) is 6.73. The Morgan fingerprint density at radius 3 is 2.42 bits per heavy atom. The van der Waals surface area contributed by atoms with Crippen LogP contribution < -0.4 is 14.9 Å². The van der Waals surface area contributed by atoms with Gasteiger partial charge in [-0.1, -0.05) is 72.0 Å². The average Bonchev–Trinajstić information content (AvgIpc) is 3.18. The molecule has 3 aromatic rings. The van der Waals surface area contributed by atoms with Crippen molar-refractivity contribution in [1.29, 1.82) is 0 Å². The fourth-order valence-corrected chi connectivity index (χ4v) is 9.13. The summed E-state index contributed by atoms with van der Waals surface area (Å²) >= 11 is 5.60. The van der Waals surface area contributed by atoms with Crippen LogP contribution in [0.1, 0.15) is 42.9 Å². The van der Waals surface area contributed by atoms with Gasteiger partial charge in [0.2, 0.25) is 0 Å². The molecule has 3 heterocycles. The van der Waals surface area contributed by atoms with Crippen LogP contribution in [0.25, 0.3) is 6.08 Å². The van der Waals surface area contributed by atoms with Gasteiger partial charge in [-0.3, -0.25) is 14.4 Å². The summed E-state index contributed by atoms with van der Waals surface area (Å²) in [5.74, 6) is 2.76. The van der Waals surface area contributed by atoms with E-state index in [1.165, 1.54) is 39.7 Å².